The van der Waals surface area contributed by atoms with Crippen LogP contribution in [-0.2, 0) is 9.53 Å². The minimum atomic E-state index is -0.781. The van der Waals surface area contributed by atoms with Crippen LogP contribution in [0, 0.1) is 0 Å². The van der Waals surface area contributed by atoms with Gasteiger partial charge in [0.15, 0.2) is 0 Å². The minimum Gasteiger partial charge on any atom is -0.480 e. The van der Waals surface area contributed by atoms with Crippen LogP contribution >= 0.6 is 0 Å². The minimum absolute atomic E-state index is 0.183. The van der Waals surface area contributed by atoms with E-state index in [1.807, 2.05) is 4.90 Å². The number of nitrogens with zero attached hydrogens (tertiary/aromatic N) is 1. The molecule has 1 atom stereocenters. The second kappa shape index (κ2) is 4.28. The molecule has 4 nitrogen and oxygen atoms in total. The molecule has 1 saturated heterocycles. The monoisotopic (exact) mass is 201 g/mol. The Morgan fingerprint density at radius 1 is 1.64 bits per heavy atom. The van der Waals surface area contributed by atoms with Crippen LogP contribution < -0.4 is 0 Å². The number of carboxylic acid groups (broad SMARTS) is 1. The highest BCUT2D eigenvalue weighted by molar-refractivity contribution is 5.77. The maximum Gasteiger partial charge on any atom is 0.323 e. The Labute approximate surface area is 84.8 Å². The lowest BCUT2D eigenvalue weighted by atomic mass is 10.0. The molecule has 0 bridgehead atoms. The highest BCUT2D eigenvalue weighted by Gasteiger charge is 2.37. The van der Waals surface area contributed by atoms with Crippen molar-refractivity contribution in [1.82, 2.24) is 4.90 Å². The van der Waals surface area contributed by atoms with E-state index in [0.717, 1.165) is 13.0 Å². The van der Waals surface area contributed by atoms with Crippen LogP contribution in [0.15, 0.2) is 0 Å². The van der Waals surface area contributed by atoms with E-state index in [2.05, 4.69) is 6.92 Å². The van der Waals surface area contributed by atoms with E-state index in [9.17, 15) is 4.79 Å². The van der Waals surface area contributed by atoms with E-state index in [1.165, 1.54) is 0 Å². The number of hydrogen-bond donors (Lipinski definition) is 1. The molecule has 0 spiro atoms. The molecule has 1 fully saturated rings. The smallest absolute Gasteiger partial charge is 0.323 e. The molecule has 1 heterocycles. The van der Waals surface area contributed by atoms with Crippen molar-refractivity contribution in [2.45, 2.75) is 38.8 Å². The molecule has 0 amide bonds. The first kappa shape index (κ1) is 11.5. The van der Waals surface area contributed by atoms with Gasteiger partial charge in [-0.2, -0.15) is 0 Å². The van der Waals surface area contributed by atoms with Gasteiger partial charge in [0.25, 0.3) is 0 Å². The Morgan fingerprint density at radius 3 is 2.79 bits per heavy atom. The standard InChI is InChI=1S/C10H19NO3/c1-4-8-7-11(5-6-14-8)10(2,3)9(12)13/h8H,4-7H2,1-3H3,(H,12,13). The first-order valence-electron chi connectivity index (χ1n) is 5.08. The zero-order valence-electron chi connectivity index (χ0n) is 9.12. The average Bonchev–Trinajstić information content (AvgIpc) is 2.17. The number of carbonyl (C=O) groups is 1. The molecular formula is C10H19NO3. The molecule has 0 aromatic heterocycles. The average molecular weight is 201 g/mol. The van der Waals surface area contributed by atoms with E-state index in [-0.39, 0.29) is 6.10 Å². The van der Waals surface area contributed by atoms with Crippen molar-refractivity contribution in [3.63, 3.8) is 0 Å². The molecule has 0 saturated carbocycles. The van der Waals surface area contributed by atoms with Crippen LogP contribution in [-0.4, -0.2) is 47.3 Å². The van der Waals surface area contributed by atoms with Crippen LogP contribution in [0.2, 0.25) is 0 Å². The van der Waals surface area contributed by atoms with Crippen LogP contribution in [0.25, 0.3) is 0 Å². The molecule has 1 aliphatic rings. The third-order valence-electron chi connectivity index (χ3n) is 2.91. The Bertz CT molecular complexity index is 215. The van der Waals surface area contributed by atoms with E-state index >= 15 is 0 Å². The molecular weight excluding hydrogens is 182 g/mol. The fourth-order valence-electron chi connectivity index (χ4n) is 1.61. The maximum atomic E-state index is 11.0. The zero-order valence-corrected chi connectivity index (χ0v) is 9.12. The van der Waals surface area contributed by atoms with Gasteiger partial charge in [0.05, 0.1) is 12.7 Å². The molecule has 1 N–H and O–H groups in total. The Kier molecular flexibility index (Phi) is 3.50. The second-order valence-electron chi connectivity index (χ2n) is 4.21. The van der Waals surface area contributed by atoms with Crippen LogP contribution in [0.1, 0.15) is 27.2 Å². The van der Waals surface area contributed by atoms with E-state index in [4.69, 9.17) is 9.84 Å². The fourth-order valence-corrected chi connectivity index (χ4v) is 1.61. The number of morpholine rings is 1. The van der Waals surface area contributed by atoms with Crippen molar-refractivity contribution in [2.75, 3.05) is 19.7 Å². The molecule has 14 heavy (non-hydrogen) atoms. The van der Waals surface area contributed by atoms with Crippen molar-refractivity contribution in [3.05, 3.63) is 0 Å². The summed E-state index contributed by atoms with van der Waals surface area (Å²) < 4.78 is 5.50. The summed E-state index contributed by atoms with van der Waals surface area (Å²) in [6, 6.07) is 0. The third kappa shape index (κ3) is 2.25. The summed E-state index contributed by atoms with van der Waals surface area (Å²) in [5, 5.41) is 9.07. The van der Waals surface area contributed by atoms with Gasteiger partial charge >= 0.3 is 5.97 Å². The Balaban J connectivity index is 2.63. The lowest BCUT2D eigenvalue weighted by Gasteiger charge is -2.40. The number of aliphatic carboxylic acids is 1. The van der Waals surface area contributed by atoms with Crippen molar-refractivity contribution < 1.29 is 14.6 Å². The van der Waals surface area contributed by atoms with Gasteiger partial charge in [-0.3, -0.25) is 9.69 Å². The number of hydrogen-bond acceptors (Lipinski definition) is 3. The highest BCUT2D eigenvalue weighted by Crippen LogP contribution is 2.19. The summed E-state index contributed by atoms with van der Waals surface area (Å²) in [4.78, 5) is 13.0. The predicted molar refractivity (Wildman–Crippen MR) is 53.3 cm³/mol. The lowest BCUT2D eigenvalue weighted by molar-refractivity contribution is -0.154. The molecule has 0 aromatic rings. The summed E-state index contributed by atoms with van der Waals surface area (Å²) in [7, 11) is 0. The van der Waals surface area contributed by atoms with E-state index in [0.29, 0.717) is 13.2 Å². The van der Waals surface area contributed by atoms with Crippen LogP contribution in [0.3, 0.4) is 0 Å². The fraction of sp³-hybridized carbons (Fsp3) is 0.900. The molecule has 0 aromatic carbocycles. The van der Waals surface area contributed by atoms with Gasteiger partial charge in [0, 0.05) is 13.1 Å². The Morgan fingerprint density at radius 2 is 2.29 bits per heavy atom. The summed E-state index contributed by atoms with van der Waals surface area (Å²) >= 11 is 0. The SMILES string of the molecule is CCC1CN(C(C)(C)C(=O)O)CCO1. The van der Waals surface area contributed by atoms with Gasteiger partial charge in [-0.1, -0.05) is 6.92 Å². The topological polar surface area (TPSA) is 49.8 Å². The quantitative estimate of drug-likeness (QED) is 0.739. The summed E-state index contributed by atoms with van der Waals surface area (Å²) in [5.41, 5.74) is -0.781. The van der Waals surface area contributed by atoms with Crippen LogP contribution in [0.4, 0.5) is 0 Å². The lowest BCUT2D eigenvalue weighted by Crippen LogP contribution is -2.56. The first-order chi connectivity index (χ1) is 6.48. The largest absolute Gasteiger partial charge is 0.480 e. The second-order valence-corrected chi connectivity index (χ2v) is 4.21. The predicted octanol–water partition coefficient (Wildman–Crippen LogP) is 0.960. The van der Waals surface area contributed by atoms with Crippen molar-refractivity contribution in [1.29, 1.82) is 0 Å². The third-order valence-corrected chi connectivity index (χ3v) is 2.91. The molecule has 82 valence electrons. The summed E-state index contributed by atoms with van der Waals surface area (Å²) in [5.74, 6) is -0.769. The van der Waals surface area contributed by atoms with Crippen molar-refractivity contribution >= 4 is 5.97 Å². The van der Waals surface area contributed by atoms with Crippen molar-refractivity contribution in [2.24, 2.45) is 0 Å². The van der Waals surface area contributed by atoms with E-state index < -0.39 is 11.5 Å². The first-order valence-corrected chi connectivity index (χ1v) is 5.08. The zero-order chi connectivity index (χ0) is 10.8. The van der Waals surface area contributed by atoms with Gasteiger partial charge in [-0.15, -0.1) is 0 Å². The maximum absolute atomic E-state index is 11.0. The molecule has 0 radical (unpaired) electrons. The van der Waals surface area contributed by atoms with Crippen molar-refractivity contribution in [3.8, 4) is 0 Å². The molecule has 1 unspecified atom stereocenters. The highest BCUT2D eigenvalue weighted by atomic mass is 16.5. The molecule has 1 rings (SSSR count). The van der Waals surface area contributed by atoms with Gasteiger partial charge in [0.2, 0.25) is 0 Å². The number of ether oxygens (including phenoxy) is 1. The summed E-state index contributed by atoms with van der Waals surface area (Å²) in [6.07, 6.45) is 1.12. The molecule has 4 heteroatoms. The normalized spacial score (nSPS) is 24.9. The number of rotatable bonds is 3. The van der Waals surface area contributed by atoms with Gasteiger partial charge in [-0.25, -0.2) is 0 Å². The van der Waals surface area contributed by atoms with E-state index in [1.54, 1.807) is 13.8 Å². The Hall–Kier alpha value is -0.610. The summed E-state index contributed by atoms with van der Waals surface area (Å²) in [6.45, 7) is 7.60. The van der Waals surface area contributed by atoms with Gasteiger partial charge < -0.3 is 9.84 Å². The molecule has 1 aliphatic heterocycles. The van der Waals surface area contributed by atoms with Gasteiger partial charge in [-0.05, 0) is 20.3 Å². The molecule has 0 aliphatic carbocycles. The number of carboxylic acids is 1. The van der Waals surface area contributed by atoms with Crippen LogP contribution in [0.5, 0.6) is 0 Å². The van der Waals surface area contributed by atoms with Gasteiger partial charge in [0.1, 0.15) is 5.54 Å².